The molecule has 2 aromatic rings. The van der Waals surface area contributed by atoms with Crippen LogP contribution in [0.25, 0.3) is 0 Å². The maximum absolute atomic E-state index is 13.3. The molecule has 0 radical (unpaired) electrons. The topological polar surface area (TPSA) is 48.0 Å². The molecule has 0 unspecified atom stereocenters. The van der Waals surface area contributed by atoms with Gasteiger partial charge in [-0.25, -0.2) is 0 Å². The summed E-state index contributed by atoms with van der Waals surface area (Å²) in [5, 5.41) is 0. The van der Waals surface area contributed by atoms with E-state index in [1.165, 1.54) is 5.56 Å². The largest absolute Gasteiger partial charge is 0.494 e. The van der Waals surface area contributed by atoms with Crippen molar-refractivity contribution < 1.29 is 19.0 Å². The number of hydrogen-bond acceptors (Lipinski definition) is 4. The van der Waals surface area contributed by atoms with E-state index < -0.39 is 5.79 Å². The molecule has 1 saturated heterocycles. The van der Waals surface area contributed by atoms with E-state index in [0.717, 1.165) is 35.4 Å². The maximum Gasteiger partial charge on any atom is 0.292 e. The number of ether oxygens (including phenoxy) is 3. The van der Waals surface area contributed by atoms with Crippen molar-refractivity contribution in [3.05, 3.63) is 59.2 Å². The molecule has 2 heterocycles. The number of carbonyl (C=O) groups excluding carboxylic acids is 1. The Hall–Kier alpha value is -2.37. The first kappa shape index (κ1) is 20.9. The molecule has 0 aliphatic carbocycles. The second kappa shape index (κ2) is 8.05. The van der Waals surface area contributed by atoms with Gasteiger partial charge in [0.1, 0.15) is 5.75 Å². The van der Waals surface area contributed by atoms with Gasteiger partial charge >= 0.3 is 0 Å². The first-order valence-electron chi connectivity index (χ1n) is 10.8. The molecule has 5 heteroatoms. The molecule has 1 spiro atoms. The summed E-state index contributed by atoms with van der Waals surface area (Å²) in [6, 6.07) is 14.2. The van der Waals surface area contributed by atoms with E-state index in [1.54, 1.807) is 0 Å². The smallest absolute Gasteiger partial charge is 0.292 e. The number of para-hydroxylation sites is 1. The van der Waals surface area contributed by atoms with Crippen LogP contribution in [-0.2, 0) is 25.5 Å². The Morgan fingerprint density at radius 2 is 1.77 bits per heavy atom. The summed E-state index contributed by atoms with van der Waals surface area (Å²) in [6.07, 6.45) is 1.52. The lowest BCUT2D eigenvalue weighted by Crippen LogP contribution is -2.47. The number of carbonyl (C=O) groups is 1. The molecule has 0 saturated carbocycles. The monoisotopic (exact) mass is 409 g/mol. The third kappa shape index (κ3) is 3.72. The Morgan fingerprint density at radius 1 is 1.07 bits per heavy atom. The summed E-state index contributed by atoms with van der Waals surface area (Å²) in [5.41, 5.74) is 4.19. The predicted octanol–water partition coefficient (Wildman–Crippen LogP) is 4.70. The minimum absolute atomic E-state index is 0.124. The van der Waals surface area contributed by atoms with Crippen molar-refractivity contribution in [2.75, 3.05) is 31.3 Å². The van der Waals surface area contributed by atoms with Gasteiger partial charge in [-0.1, -0.05) is 51.1 Å². The number of hydrogen-bond donors (Lipinski definition) is 0. The van der Waals surface area contributed by atoms with Crippen LogP contribution in [0.2, 0.25) is 0 Å². The Kier molecular flexibility index (Phi) is 5.60. The number of anilines is 1. The third-order valence-corrected chi connectivity index (χ3v) is 5.80. The SMILES string of the molecule is Cc1cccc2c1N(CCCOc1ccc(C(C)(C)C)cc1)C(=O)C21OCCCO1. The molecule has 4 rings (SSSR count). The van der Waals surface area contributed by atoms with Crippen LogP contribution in [0, 0.1) is 6.92 Å². The van der Waals surface area contributed by atoms with E-state index in [4.69, 9.17) is 14.2 Å². The van der Waals surface area contributed by atoms with Crippen LogP contribution in [0.5, 0.6) is 5.75 Å². The van der Waals surface area contributed by atoms with Crippen LogP contribution >= 0.6 is 0 Å². The van der Waals surface area contributed by atoms with Gasteiger partial charge in [0, 0.05) is 12.1 Å². The molecule has 2 aromatic carbocycles. The van der Waals surface area contributed by atoms with Crippen molar-refractivity contribution in [2.45, 2.75) is 51.7 Å². The quantitative estimate of drug-likeness (QED) is 0.672. The van der Waals surface area contributed by atoms with Gasteiger partial charge in [-0.3, -0.25) is 4.79 Å². The first-order chi connectivity index (χ1) is 14.3. The summed E-state index contributed by atoms with van der Waals surface area (Å²) in [5.74, 6) is -0.549. The summed E-state index contributed by atoms with van der Waals surface area (Å²) < 4.78 is 17.8. The maximum atomic E-state index is 13.3. The second-order valence-corrected chi connectivity index (χ2v) is 9.07. The molecule has 2 aliphatic rings. The Bertz CT molecular complexity index is 908. The second-order valence-electron chi connectivity index (χ2n) is 9.07. The van der Waals surface area contributed by atoms with Gasteiger partial charge in [0.25, 0.3) is 11.7 Å². The van der Waals surface area contributed by atoms with Gasteiger partial charge in [0.15, 0.2) is 0 Å². The van der Waals surface area contributed by atoms with Gasteiger partial charge in [-0.05, 0) is 48.4 Å². The van der Waals surface area contributed by atoms with Gasteiger partial charge in [0.05, 0.1) is 25.5 Å². The Balaban J connectivity index is 1.42. The average molecular weight is 410 g/mol. The zero-order valence-corrected chi connectivity index (χ0v) is 18.4. The fourth-order valence-electron chi connectivity index (χ4n) is 4.17. The molecule has 160 valence electrons. The fraction of sp³-hybridized carbons (Fsp3) is 0.480. The highest BCUT2D eigenvalue weighted by molar-refractivity contribution is 6.06. The van der Waals surface area contributed by atoms with Crippen LogP contribution in [0.4, 0.5) is 5.69 Å². The molecule has 0 bridgehead atoms. The summed E-state index contributed by atoms with van der Waals surface area (Å²) in [4.78, 5) is 15.1. The van der Waals surface area contributed by atoms with Crippen molar-refractivity contribution in [3.63, 3.8) is 0 Å². The lowest BCUT2D eigenvalue weighted by molar-refractivity contribution is -0.256. The highest BCUT2D eigenvalue weighted by Gasteiger charge is 2.55. The highest BCUT2D eigenvalue weighted by Crippen LogP contribution is 2.46. The minimum atomic E-state index is -1.27. The van der Waals surface area contributed by atoms with E-state index >= 15 is 0 Å². The summed E-state index contributed by atoms with van der Waals surface area (Å²) >= 11 is 0. The third-order valence-electron chi connectivity index (χ3n) is 5.80. The van der Waals surface area contributed by atoms with Crippen LogP contribution in [0.3, 0.4) is 0 Å². The van der Waals surface area contributed by atoms with Gasteiger partial charge in [0.2, 0.25) is 0 Å². The van der Waals surface area contributed by atoms with Crippen LogP contribution < -0.4 is 9.64 Å². The lowest BCUT2D eigenvalue weighted by atomic mass is 9.87. The van der Waals surface area contributed by atoms with E-state index in [-0.39, 0.29) is 11.3 Å². The molecule has 30 heavy (non-hydrogen) atoms. The standard InChI is InChI=1S/C25H31NO4/c1-18-8-5-9-21-22(18)26(23(27)25(21)29-16-7-17-30-25)14-6-15-28-20-12-10-19(11-13-20)24(2,3)4/h5,8-13H,6-7,14-17H2,1-4H3. The molecular weight excluding hydrogens is 378 g/mol. The zero-order chi connectivity index (χ0) is 21.4. The average Bonchev–Trinajstić information content (AvgIpc) is 2.95. The summed E-state index contributed by atoms with van der Waals surface area (Å²) in [6.45, 7) is 10.8. The van der Waals surface area contributed by atoms with E-state index in [2.05, 4.69) is 32.9 Å². The van der Waals surface area contributed by atoms with Crippen molar-refractivity contribution in [2.24, 2.45) is 0 Å². The molecule has 0 atom stereocenters. The molecule has 5 nitrogen and oxygen atoms in total. The van der Waals surface area contributed by atoms with Crippen LogP contribution in [0.1, 0.15) is 50.3 Å². The number of aryl methyl sites for hydroxylation is 1. The zero-order valence-electron chi connectivity index (χ0n) is 18.4. The normalized spacial score (nSPS) is 18.0. The van der Waals surface area contributed by atoms with Gasteiger partial charge in [-0.2, -0.15) is 0 Å². The Morgan fingerprint density at radius 3 is 2.43 bits per heavy atom. The molecule has 2 aliphatic heterocycles. The minimum Gasteiger partial charge on any atom is -0.494 e. The van der Waals surface area contributed by atoms with E-state index in [9.17, 15) is 4.79 Å². The molecular formula is C25H31NO4. The van der Waals surface area contributed by atoms with E-state index in [1.807, 2.05) is 42.2 Å². The lowest BCUT2D eigenvalue weighted by Gasteiger charge is -2.32. The van der Waals surface area contributed by atoms with Crippen LogP contribution in [-0.4, -0.2) is 32.3 Å². The van der Waals surface area contributed by atoms with Crippen LogP contribution in [0.15, 0.2) is 42.5 Å². The number of nitrogens with zero attached hydrogens (tertiary/aromatic N) is 1. The fourth-order valence-corrected chi connectivity index (χ4v) is 4.17. The van der Waals surface area contributed by atoms with Crippen molar-refractivity contribution >= 4 is 11.6 Å². The molecule has 1 amide bonds. The first-order valence-corrected chi connectivity index (χ1v) is 10.8. The number of fused-ring (bicyclic) bond motifs is 2. The summed E-state index contributed by atoms with van der Waals surface area (Å²) in [7, 11) is 0. The molecule has 0 N–H and O–H groups in total. The van der Waals surface area contributed by atoms with Crippen molar-refractivity contribution in [1.82, 2.24) is 0 Å². The molecule has 1 fully saturated rings. The van der Waals surface area contributed by atoms with Gasteiger partial charge < -0.3 is 19.1 Å². The predicted molar refractivity (Wildman–Crippen MR) is 117 cm³/mol. The highest BCUT2D eigenvalue weighted by atomic mass is 16.7. The number of amides is 1. The van der Waals surface area contributed by atoms with Crippen molar-refractivity contribution in [1.29, 1.82) is 0 Å². The Labute approximate surface area is 178 Å². The van der Waals surface area contributed by atoms with Gasteiger partial charge in [-0.15, -0.1) is 0 Å². The molecule has 0 aromatic heterocycles. The van der Waals surface area contributed by atoms with Crippen molar-refractivity contribution in [3.8, 4) is 5.75 Å². The number of benzene rings is 2. The van der Waals surface area contributed by atoms with E-state index in [0.29, 0.717) is 26.4 Å². The number of rotatable bonds is 5.